The van der Waals surface area contributed by atoms with Crippen molar-refractivity contribution in [2.75, 3.05) is 39.3 Å². The molecule has 0 bridgehead atoms. The molecule has 0 radical (unpaired) electrons. The van der Waals surface area contributed by atoms with Crippen LogP contribution in [0.4, 0.5) is 4.39 Å². The number of carbonyl (C=O) groups excluding carboxylic acids is 1. The standard InChI is InChI=1S/C14H19ClFN3O3S/c1-11(20)17-4-5-18-6-8-19(9-7-18)23(21,22)12-2-3-14(16)13(15)10-12/h2-3,10H,4-9H2,1H3,(H,17,20). The van der Waals surface area contributed by atoms with Gasteiger partial charge in [0.1, 0.15) is 5.82 Å². The Morgan fingerprint density at radius 1 is 1.30 bits per heavy atom. The van der Waals surface area contributed by atoms with E-state index in [2.05, 4.69) is 10.2 Å². The van der Waals surface area contributed by atoms with Crippen LogP contribution in [0.2, 0.25) is 5.02 Å². The number of amides is 1. The smallest absolute Gasteiger partial charge is 0.243 e. The Balaban J connectivity index is 1.95. The second-order valence-corrected chi connectivity index (χ2v) is 7.65. The normalized spacial score (nSPS) is 17.2. The molecule has 1 fully saturated rings. The van der Waals surface area contributed by atoms with Crippen LogP contribution in [0.3, 0.4) is 0 Å². The van der Waals surface area contributed by atoms with Crippen molar-refractivity contribution in [2.24, 2.45) is 0 Å². The van der Waals surface area contributed by atoms with Crippen LogP contribution in [0.1, 0.15) is 6.92 Å². The van der Waals surface area contributed by atoms with E-state index in [4.69, 9.17) is 11.6 Å². The number of carbonyl (C=O) groups is 1. The van der Waals surface area contributed by atoms with Gasteiger partial charge in [-0.25, -0.2) is 12.8 Å². The summed E-state index contributed by atoms with van der Waals surface area (Å²) in [6, 6.07) is 3.41. The van der Waals surface area contributed by atoms with E-state index in [0.717, 1.165) is 12.1 Å². The number of halogens is 2. The Bertz CT molecular complexity index is 676. The van der Waals surface area contributed by atoms with Crippen molar-refractivity contribution in [3.63, 3.8) is 0 Å². The maximum Gasteiger partial charge on any atom is 0.243 e. The summed E-state index contributed by atoms with van der Waals surface area (Å²) in [5.74, 6) is -0.729. The van der Waals surface area contributed by atoms with Gasteiger partial charge in [-0.05, 0) is 18.2 Å². The van der Waals surface area contributed by atoms with E-state index in [9.17, 15) is 17.6 Å². The van der Waals surface area contributed by atoms with Crippen LogP contribution in [-0.4, -0.2) is 62.8 Å². The molecular weight excluding hydrogens is 345 g/mol. The lowest BCUT2D eigenvalue weighted by atomic mass is 10.3. The molecule has 1 N–H and O–H groups in total. The molecule has 0 atom stereocenters. The molecule has 1 amide bonds. The Morgan fingerprint density at radius 3 is 2.52 bits per heavy atom. The molecule has 1 aliphatic rings. The highest BCUT2D eigenvalue weighted by Gasteiger charge is 2.28. The van der Waals surface area contributed by atoms with E-state index in [1.54, 1.807) is 0 Å². The minimum Gasteiger partial charge on any atom is -0.355 e. The molecule has 23 heavy (non-hydrogen) atoms. The highest BCUT2D eigenvalue weighted by atomic mass is 35.5. The lowest BCUT2D eigenvalue weighted by Crippen LogP contribution is -2.50. The number of piperazine rings is 1. The highest BCUT2D eigenvalue weighted by molar-refractivity contribution is 7.89. The molecule has 2 rings (SSSR count). The molecule has 1 aromatic carbocycles. The van der Waals surface area contributed by atoms with Crippen molar-refractivity contribution in [2.45, 2.75) is 11.8 Å². The number of rotatable bonds is 5. The van der Waals surface area contributed by atoms with E-state index >= 15 is 0 Å². The van der Waals surface area contributed by atoms with Crippen LogP contribution in [0.15, 0.2) is 23.1 Å². The van der Waals surface area contributed by atoms with Gasteiger partial charge in [0.05, 0.1) is 9.92 Å². The van der Waals surface area contributed by atoms with Crippen LogP contribution < -0.4 is 5.32 Å². The summed E-state index contributed by atoms with van der Waals surface area (Å²) in [6.45, 7) is 4.51. The molecule has 9 heteroatoms. The van der Waals surface area contributed by atoms with Crippen LogP contribution in [0, 0.1) is 5.82 Å². The number of hydrogen-bond donors (Lipinski definition) is 1. The van der Waals surface area contributed by atoms with Crippen LogP contribution in [0.25, 0.3) is 0 Å². The molecule has 1 aromatic rings. The second kappa shape index (κ2) is 7.57. The maximum atomic E-state index is 13.2. The van der Waals surface area contributed by atoms with Gasteiger partial charge in [-0.15, -0.1) is 0 Å². The molecular formula is C14H19ClFN3O3S. The molecule has 0 unspecified atom stereocenters. The van der Waals surface area contributed by atoms with E-state index in [-0.39, 0.29) is 15.8 Å². The number of nitrogens with zero attached hydrogens (tertiary/aromatic N) is 2. The largest absolute Gasteiger partial charge is 0.355 e. The Morgan fingerprint density at radius 2 is 1.96 bits per heavy atom. The minimum atomic E-state index is -3.67. The molecule has 1 aliphatic heterocycles. The molecule has 0 aliphatic carbocycles. The average molecular weight is 364 g/mol. The lowest BCUT2D eigenvalue weighted by Gasteiger charge is -2.33. The first-order valence-corrected chi connectivity index (χ1v) is 9.04. The van der Waals surface area contributed by atoms with Crippen molar-refractivity contribution >= 4 is 27.5 Å². The van der Waals surface area contributed by atoms with Gasteiger partial charge >= 0.3 is 0 Å². The third-order valence-electron chi connectivity index (χ3n) is 3.66. The highest BCUT2D eigenvalue weighted by Crippen LogP contribution is 2.23. The molecule has 0 saturated carbocycles. The van der Waals surface area contributed by atoms with Gasteiger partial charge in [0.2, 0.25) is 15.9 Å². The fraction of sp³-hybridized carbons (Fsp3) is 0.500. The van der Waals surface area contributed by atoms with Gasteiger partial charge in [0.15, 0.2) is 0 Å². The van der Waals surface area contributed by atoms with Crippen molar-refractivity contribution in [3.8, 4) is 0 Å². The fourth-order valence-electron chi connectivity index (χ4n) is 2.37. The SMILES string of the molecule is CC(=O)NCCN1CCN(S(=O)(=O)c2ccc(F)c(Cl)c2)CC1. The third kappa shape index (κ3) is 4.63. The predicted octanol–water partition coefficient (Wildman–Crippen LogP) is 0.921. The summed E-state index contributed by atoms with van der Waals surface area (Å²) in [5, 5.41) is 2.50. The summed E-state index contributed by atoms with van der Waals surface area (Å²) in [4.78, 5) is 12.9. The molecule has 0 spiro atoms. The van der Waals surface area contributed by atoms with E-state index in [0.29, 0.717) is 39.3 Å². The molecule has 128 valence electrons. The topological polar surface area (TPSA) is 69.7 Å². The van der Waals surface area contributed by atoms with Gasteiger partial charge < -0.3 is 5.32 Å². The van der Waals surface area contributed by atoms with E-state index in [1.807, 2.05) is 0 Å². The summed E-state index contributed by atoms with van der Waals surface area (Å²) in [7, 11) is -3.67. The quantitative estimate of drug-likeness (QED) is 0.844. The molecule has 6 nitrogen and oxygen atoms in total. The van der Waals surface area contributed by atoms with Gasteiger partial charge in [-0.3, -0.25) is 9.69 Å². The average Bonchev–Trinajstić information content (AvgIpc) is 2.50. The Labute approximate surface area is 140 Å². The minimum absolute atomic E-state index is 0.00408. The first-order valence-electron chi connectivity index (χ1n) is 7.22. The number of nitrogens with one attached hydrogen (secondary N) is 1. The molecule has 1 saturated heterocycles. The van der Waals surface area contributed by atoms with Crippen LogP contribution >= 0.6 is 11.6 Å². The van der Waals surface area contributed by atoms with Gasteiger partial charge in [0, 0.05) is 46.2 Å². The van der Waals surface area contributed by atoms with E-state index < -0.39 is 15.8 Å². The first kappa shape index (κ1) is 18.1. The zero-order chi connectivity index (χ0) is 17.0. The van der Waals surface area contributed by atoms with Crippen molar-refractivity contribution in [3.05, 3.63) is 29.0 Å². The van der Waals surface area contributed by atoms with E-state index in [1.165, 1.54) is 17.3 Å². The number of benzene rings is 1. The summed E-state index contributed by atoms with van der Waals surface area (Å²) in [5.41, 5.74) is 0. The van der Waals surface area contributed by atoms with Crippen molar-refractivity contribution in [1.82, 2.24) is 14.5 Å². The maximum absolute atomic E-state index is 13.2. The van der Waals surface area contributed by atoms with Gasteiger partial charge in [-0.1, -0.05) is 11.6 Å². The molecule has 0 aromatic heterocycles. The van der Waals surface area contributed by atoms with Crippen molar-refractivity contribution < 1.29 is 17.6 Å². The Kier molecular flexibility index (Phi) is 5.96. The number of hydrogen-bond acceptors (Lipinski definition) is 4. The predicted molar refractivity (Wildman–Crippen MR) is 85.3 cm³/mol. The summed E-state index contributed by atoms with van der Waals surface area (Å²) >= 11 is 5.66. The second-order valence-electron chi connectivity index (χ2n) is 5.30. The van der Waals surface area contributed by atoms with Gasteiger partial charge in [-0.2, -0.15) is 4.31 Å². The fourth-order valence-corrected chi connectivity index (χ4v) is 4.06. The number of sulfonamides is 1. The van der Waals surface area contributed by atoms with Crippen molar-refractivity contribution in [1.29, 1.82) is 0 Å². The molecule has 1 heterocycles. The third-order valence-corrected chi connectivity index (χ3v) is 5.85. The zero-order valence-electron chi connectivity index (χ0n) is 12.8. The zero-order valence-corrected chi connectivity index (χ0v) is 14.3. The van der Waals surface area contributed by atoms with Gasteiger partial charge in [0.25, 0.3) is 0 Å². The summed E-state index contributed by atoms with van der Waals surface area (Å²) in [6.07, 6.45) is 0. The van der Waals surface area contributed by atoms with Crippen LogP contribution in [-0.2, 0) is 14.8 Å². The first-order chi connectivity index (χ1) is 10.8. The monoisotopic (exact) mass is 363 g/mol. The summed E-state index contributed by atoms with van der Waals surface area (Å²) < 4.78 is 39.6. The van der Waals surface area contributed by atoms with Crippen LogP contribution in [0.5, 0.6) is 0 Å². The lowest BCUT2D eigenvalue weighted by molar-refractivity contribution is -0.119. The Hall–Kier alpha value is -1.22.